The Bertz CT molecular complexity index is 261. The van der Waals surface area contributed by atoms with Gasteiger partial charge in [-0.3, -0.25) is 0 Å². The summed E-state index contributed by atoms with van der Waals surface area (Å²) in [4.78, 5) is 11.1. The molecule has 14 heavy (non-hydrogen) atoms. The van der Waals surface area contributed by atoms with Gasteiger partial charge < -0.3 is 9.53 Å². The molecule has 2 heteroatoms. The van der Waals surface area contributed by atoms with E-state index in [2.05, 4.69) is 27.7 Å². The zero-order valence-electron chi connectivity index (χ0n) is 9.59. The first-order chi connectivity index (χ1) is 6.31. The van der Waals surface area contributed by atoms with Crippen molar-refractivity contribution < 1.29 is 9.53 Å². The van der Waals surface area contributed by atoms with Crippen LogP contribution in [-0.4, -0.2) is 17.5 Å². The first kappa shape index (κ1) is 10.2. The van der Waals surface area contributed by atoms with Crippen LogP contribution in [0.3, 0.4) is 0 Å². The lowest BCUT2D eigenvalue weighted by atomic mass is 9.76. The topological polar surface area (TPSA) is 26.3 Å². The van der Waals surface area contributed by atoms with Crippen molar-refractivity contribution in [2.45, 2.75) is 58.2 Å². The van der Waals surface area contributed by atoms with E-state index in [9.17, 15) is 4.79 Å². The van der Waals surface area contributed by atoms with Crippen molar-refractivity contribution in [2.75, 3.05) is 0 Å². The molecule has 80 valence electrons. The van der Waals surface area contributed by atoms with Crippen molar-refractivity contribution >= 4 is 6.29 Å². The third-order valence-electron chi connectivity index (χ3n) is 3.83. The fraction of sp³-hybridized carbons (Fsp3) is 0.917. The van der Waals surface area contributed by atoms with Crippen molar-refractivity contribution in [3.05, 3.63) is 0 Å². The van der Waals surface area contributed by atoms with Gasteiger partial charge in [0, 0.05) is 11.3 Å². The van der Waals surface area contributed by atoms with Crippen molar-refractivity contribution in [3.8, 4) is 0 Å². The summed E-state index contributed by atoms with van der Waals surface area (Å²) in [6.07, 6.45) is 4.30. The van der Waals surface area contributed by atoms with Crippen molar-refractivity contribution in [3.63, 3.8) is 0 Å². The number of hydrogen-bond acceptors (Lipinski definition) is 2. The minimum atomic E-state index is -0.138. The summed E-state index contributed by atoms with van der Waals surface area (Å²) >= 11 is 0. The van der Waals surface area contributed by atoms with Crippen molar-refractivity contribution in [1.82, 2.24) is 0 Å². The molecule has 0 radical (unpaired) electrons. The molecule has 0 bridgehead atoms. The number of hydrogen-bond donors (Lipinski definition) is 0. The summed E-state index contributed by atoms with van der Waals surface area (Å²) < 4.78 is 6.02. The van der Waals surface area contributed by atoms with E-state index in [0.29, 0.717) is 5.92 Å². The lowest BCUT2D eigenvalue weighted by Gasteiger charge is -2.30. The molecule has 1 unspecified atom stereocenters. The van der Waals surface area contributed by atoms with E-state index in [1.54, 1.807) is 0 Å². The number of aldehydes is 1. The molecule has 1 aliphatic heterocycles. The van der Waals surface area contributed by atoms with Gasteiger partial charge in [0.2, 0.25) is 0 Å². The number of carbonyl (C=O) groups excluding carboxylic acids is 1. The van der Waals surface area contributed by atoms with Gasteiger partial charge in [-0.2, -0.15) is 0 Å². The Hall–Kier alpha value is -0.370. The van der Waals surface area contributed by atoms with Gasteiger partial charge in [-0.05, 0) is 47.0 Å². The van der Waals surface area contributed by atoms with Gasteiger partial charge in [0.15, 0.2) is 0 Å². The van der Waals surface area contributed by atoms with Gasteiger partial charge in [-0.1, -0.05) is 0 Å². The predicted octanol–water partition coefficient (Wildman–Crippen LogP) is 2.56. The summed E-state index contributed by atoms with van der Waals surface area (Å²) in [6, 6.07) is 0. The summed E-state index contributed by atoms with van der Waals surface area (Å²) in [6.45, 7) is 8.48. The second kappa shape index (κ2) is 2.60. The van der Waals surface area contributed by atoms with Crippen LogP contribution in [0.5, 0.6) is 0 Å². The van der Waals surface area contributed by atoms with Gasteiger partial charge >= 0.3 is 0 Å². The fourth-order valence-electron chi connectivity index (χ4n) is 3.15. The maximum Gasteiger partial charge on any atom is 0.126 e. The summed E-state index contributed by atoms with van der Waals surface area (Å²) in [5, 5.41) is 0. The third kappa shape index (κ3) is 1.40. The Morgan fingerprint density at radius 3 is 2.07 bits per heavy atom. The van der Waals surface area contributed by atoms with Gasteiger partial charge in [-0.25, -0.2) is 0 Å². The molecule has 0 spiro atoms. The molecule has 1 aliphatic carbocycles. The second-order valence-electron chi connectivity index (χ2n) is 6.07. The zero-order valence-corrected chi connectivity index (χ0v) is 9.59. The quantitative estimate of drug-likeness (QED) is 0.634. The van der Waals surface area contributed by atoms with E-state index in [0.717, 1.165) is 19.3 Å². The van der Waals surface area contributed by atoms with Crippen molar-refractivity contribution in [2.24, 2.45) is 11.3 Å². The SMILES string of the molecule is CC1(C)CC(C2(C=O)CC2)C(C)(C)O1. The van der Waals surface area contributed by atoms with Crippen LogP contribution >= 0.6 is 0 Å². The fourth-order valence-corrected chi connectivity index (χ4v) is 3.15. The largest absolute Gasteiger partial charge is 0.369 e. The molecule has 0 N–H and O–H groups in total. The maximum absolute atomic E-state index is 11.1. The molecular weight excluding hydrogens is 176 g/mol. The predicted molar refractivity (Wildman–Crippen MR) is 55.1 cm³/mol. The normalized spacial score (nSPS) is 36.7. The summed E-state index contributed by atoms with van der Waals surface area (Å²) in [5.41, 5.74) is -0.245. The molecule has 0 aromatic carbocycles. The Kier molecular flexibility index (Phi) is 1.89. The molecule has 0 aromatic rings. The number of carbonyl (C=O) groups is 1. The Morgan fingerprint density at radius 1 is 1.21 bits per heavy atom. The van der Waals surface area contributed by atoms with Crippen LogP contribution in [0.15, 0.2) is 0 Å². The summed E-state index contributed by atoms with van der Waals surface area (Å²) in [5.74, 6) is 0.405. The van der Waals surface area contributed by atoms with Crippen LogP contribution in [0.1, 0.15) is 47.0 Å². The third-order valence-corrected chi connectivity index (χ3v) is 3.83. The summed E-state index contributed by atoms with van der Waals surface area (Å²) in [7, 11) is 0. The highest BCUT2D eigenvalue weighted by atomic mass is 16.5. The minimum absolute atomic E-state index is 0.0444. The molecule has 1 heterocycles. The van der Waals surface area contributed by atoms with Crippen LogP contribution in [0.25, 0.3) is 0 Å². The molecule has 1 saturated heterocycles. The smallest absolute Gasteiger partial charge is 0.126 e. The number of rotatable bonds is 2. The van der Waals surface area contributed by atoms with E-state index in [4.69, 9.17) is 4.74 Å². The minimum Gasteiger partial charge on any atom is -0.369 e. The van der Waals surface area contributed by atoms with Gasteiger partial charge in [0.25, 0.3) is 0 Å². The molecule has 2 fully saturated rings. The van der Waals surface area contributed by atoms with Crippen molar-refractivity contribution in [1.29, 1.82) is 0 Å². The molecule has 0 amide bonds. The molecule has 0 aromatic heterocycles. The van der Waals surface area contributed by atoms with Crippen LogP contribution < -0.4 is 0 Å². The lowest BCUT2D eigenvalue weighted by Crippen LogP contribution is -2.35. The van der Waals surface area contributed by atoms with Gasteiger partial charge in [0.1, 0.15) is 6.29 Å². The van der Waals surface area contributed by atoms with E-state index < -0.39 is 0 Å². The average Bonchev–Trinajstić information content (AvgIpc) is 2.74. The molecule has 1 atom stereocenters. The van der Waals surface area contributed by atoms with Gasteiger partial charge in [-0.15, -0.1) is 0 Å². The standard InChI is InChI=1S/C12H20O2/c1-10(2)7-9(11(3,4)14-10)12(8-13)5-6-12/h8-9H,5-7H2,1-4H3. The highest BCUT2D eigenvalue weighted by Gasteiger charge is 2.60. The monoisotopic (exact) mass is 196 g/mol. The molecule has 1 saturated carbocycles. The number of ether oxygens (including phenoxy) is 1. The molecule has 2 aliphatic rings. The van der Waals surface area contributed by atoms with Crippen LogP contribution in [-0.2, 0) is 9.53 Å². The van der Waals surface area contributed by atoms with E-state index in [-0.39, 0.29) is 16.6 Å². The average molecular weight is 196 g/mol. The highest BCUT2D eigenvalue weighted by Crippen LogP contribution is 2.60. The Morgan fingerprint density at radius 2 is 1.79 bits per heavy atom. The molecular formula is C12H20O2. The van der Waals surface area contributed by atoms with Crippen LogP contribution in [0, 0.1) is 11.3 Å². The maximum atomic E-state index is 11.1. The van der Waals surface area contributed by atoms with Crippen LogP contribution in [0.2, 0.25) is 0 Å². The highest BCUT2D eigenvalue weighted by molar-refractivity contribution is 5.64. The molecule has 2 nitrogen and oxygen atoms in total. The Balaban J connectivity index is 2.24. The first-order valence-corrected chi connectivity index (χ1v) is 5.48. The van der Waals surface area contributed by atoms with E-state index in [1.165, 1.54) is 6.29 Å². The van der Waals surface area contributed by atoms with E-state index >= 15 is 0 Å². The van der Waals surface area contributed by atoms with E-state index in [1.807, 2.05) is 0 Å². The first-order valence-electron chi connectivity index (χ1n) is 5.48. The second-order valence-corrected chi connectivity index (χ2v) is 6.07. The van der Waals surface area contributed by atoms with Crippen LogP contribution in [0.4, 0.5) is 0 Å². The Labute approximate surface area is 86.0 Å². The zero-order chi connectivity index (χ0) is 10.6. The lowest BCUT2D eigenvalue weighted by molar-refractivity contribution is -0.118. The molecule has 2 rings (SSSR count). The van der Waals surface area contributed by atoms with Gasteiger partial charge in [0.05, 0.1) is 11.2 Å².